The van der Waals surface area contributed by atoms with Crippen molar-refractivity contribution in [1.82, 2.24) is 0 Å². The van der Waals surface area contributed by atoms with Crippen LogP contribution in [-0.2, 0) is 4.79 Å². The number of hydrogen-bond donors (Lipinski definition) is 1. The van der Waals surface area contributed by atoms with E-state index in [0.717, 1.165) is 20.8 Å². The maximum absolute atomic E-state index is 10.6. The van der Waals surface area contributed by atoms with Gasteiger partial charge in [-0.1, -0.05) is 58.5 Å². The minimum atomic E-state index is -0.858. The lowest BCUT2D eigenvalue weighted by Gasteiger charge is -2.08. The van der Waals surface area contributed by atoms with Crippen LogP contribution in [-0.4, -0.2) is 21.0 Å². The third-order valence-electron chi connectivity index (χ3n) is 2.42. The van der Waals surface area contributed by atoms with E-state index in [1.807, 2.05) is 36.4 Å². The summed E-state index contributed by atoms with van der Waals surface area (Å²) in [7, 11) is 0. The monoisotopic (exact) mass is 340 g/mol. The van der Waals surface area contributed by atoms with Gasteiger partial charge in [0.05, 0.1) is 9.95 Å². The first kappa shape index (κ1) is 13.5. The Balaban J connectivity index is 2.42. The van der Waals surface area contributed by atoms with Gasteiger partial charge in [0, 0.05) is 10.0 Å². The molecule has 0 aliphatic rings. The molecule has 0 radical (unpaired) electrons. The molecule has 5 heteroatoms. The first-order chi connectivity index (χ1) is 8.59. The van der Waals surface area contributed by atoms with Crippen LogP contribution in [0.25, 0.3) is 10.8 Å². The number of benzene rings is 2. The van der Waals surface area contributed by atoms with Gasteiger partial charge in [0.1, 0.15) is 0 Å². The molecule has 92 valence electrons. The molecule has 0 bridgehead atoms. The predicted octanol–water partition coefficient (Wildman–Crippen LogP) is 4.10. The molecule has 0 spiro atoms. The van der Waals surface area contributed by atoms with Crippen molar-refractivity contribution in [3.63, 3.8) is 0 Å². The Kier molecular flexibility index (Phi) is 4.37. The second-order valence-electron chi connectivity index (χ2n) is 3.61. The minimum Gasteiger partial charge on any atom is -0.481 e. The van der Waals surface area contributed by atoms with Gasteiger partial charge in [0.25, 0.3) is 0 Å². The molecule has 0 fully saturated rings. The van der Waals surface area contributed by atoms with Crippen molar-refractivity contribution in [2.75, 3.05) is 5.75 Å². The zero-order valence-electron chi connectivity index (χ0n) is 9.22. The van der Waals surface area contributed by atoms with Gasteiger partial charge in [-0.05, 0) is 16.8 Å². The Morgan fingerprint density at radius 2 is 1.89 bits per heavy atom. The van der Waals surface area contributed by atoms with Crippen molar-refractivity contribution in [1.29, 1.82) is 0 Å². The largest absolute Gasteiger partial charge is 0.481 e. The van der Waals surface area contributed by atoms with E-state index < -0.39 is 5.97 Å². The van der Waals surface area contributed by atoms with Crippen molar-refractivity contribution < 1.29 is 9.90 Å². The van der Waals surface area contributed by atoms with Crippen molar-refractivity contribution in [2.24, 2.45) is 0 Å². The van der Waals surface area contributed by atoms with Crippen molar-refractivity contribution >= 4 is 60.8 Å². The maximum atomic E-state index is 10.6. The number of rotatable bonds is 3. The van der Waals surface area contributed by atoms with Gasteiger partial charge in [0.2, 0.25) is 0 Å². The molecule has 0 saturated heterocycles. The van der Waals surface area contributed by atoms with Gasteiger partial charge in [-0.15, -0.1) is 11.8 Å². The molecule has 2 aromatic rings. The fourth-order valence-electron chi connectivity index (χ4n) is 1.65. The Hall–Kier alpha value is -0.910. The van der Waals surface area contributed by atoms with E-state index in [4.69, 9.17) is 17.3 Å². The lowest BCUT2D eigenvalue weighted by Crippen LogP contribution is -2.02. The van der Waals surface area contributed by atoms with Crippen LogP contribution in [0.4, 0.5) is 0 Å². The molecule has 2 nitrogen and oxygen atoms in total. The van der Waals surface area contributed by atoms with Crippen molar-refractivity contribution in [3.05, 3.63) is 46.4 Å². The summed E-state index contributed by atoms with van der Waals surface area (Å²) in [5, 5.41) is 10.8. The molecular formula is C13H9BrO2S2. The summed E-state index contributed by atoms with van der Waals surface area (Å²) in [6.07, 6.45) is 0. The highest BCUT2D eigenvalue weighted by Gasteiger charge is 2.09. The van der Waals surface area contributed by atoms with E-state index in [1.54, 1.807) is 0 Å². The van der Waals surface area contributed by atoms with E-state index in [2.05, 4.69) is 15.9 Å². The summed E-state index contributed by atoms with van der Waals surface area (Å²) in [5.74, 6) is -0.868. The number of aliphatic carboxylic acids is 1. The molecule has 0 saturated carbocycles. The first-order valence-electron chi connectivity index (χ1n) is 5.16. The summed E-state index contributed by atoms with van der Waals surface area (Å²) in [5.41, 5.74) is 0.912. The van der Waals surface area contributed by atoms with Crippen LogP contribution in [0, 0.1) is 0 Å². The van der Waals surface area contributed by atoms with Gasteiger partial charge in [-0.2, -0.15) is 0 Å². The molecule has 0 heterocycles. The smallest absolute Gasteiger partial charge is 0.313 e. The number of thiocarbonyl (C=S) groups is 1. The fraction of sp³-hybridized carbons (Fsp3) is 0.0769. The van der Waals surface area contributed by atoms with E-state index in [-0.39, 0.29) is 5.75 Å². The summed E-state index contributed by atoms with van der Waals surface area (Å²) in [4.78, 5) is 10.6. The van der Waals surface area contributed by atoms with Gasteiger partial charge in [-0.25, -0.2) is 0 Å². The van der Waals surface area contributed by atoms with Crippen LogP contribution in [0.5, 0.6) is 0 Å². The summed E-state index contributed by atoms with van der Waals surface area (Å²) >= 11 is 9.97. The number of halogens is 1. The minimum absolute atomic E-state index is 0.0107. The zero-order valence-corrected chi connectivity index (χ0v) is 12.4. The summed E-state index contributed by atoms with van der Waals surface area (Å²) in [6.45, 7) is 0. The van der Waals surface area contributed by atoms with Crippen LogP contribution in [0.2, 0.25) is 0 Å². The number of thioether (sulfide) groups is 1. The molecule has 1 N–H and O–H groups in total. The predicted molar refractivity (Wildman–Crippen MR) is 83.4 cm³/mol. The Labute approximate surface area is 123 Å². The lowest BCUT2D eigenvalue weighted by molar-refractivity contribution is -0.133. The zero-order chi connectivity index (χ0) is 13.1. The molecule has 0 unspecified atom stereocenters. The summed E-state index contributed by atoms with van der Waals surface area (Å²) < 4.78 is 1.62. The van der Waals surface area contributed by atoms with Crippen molar-refractivity contribution in [3.8, 4) is 0 Å². The van der Waals surface area contributed by atoms with Crippen LogP contribution < -0.4 is 0 Å². The van der Waals surface area contributed by atoms with Gasteiger partial charge < -0.3 is 5.11 Å². The third kappa shape index (κ3) is 2.91. The molecule has 0 atom stereocenters. The highest BCUT2D eigenvalue weighted by atomic mass is 79.9. The molecule has 2 rings (SSSR count). The standard InChI is InChI=1S/C13H9BrO2S2/c14-11-6-2-3-8-9(11)4-1-5-10(8)13(17)18-7-12(15)16/h1-6H,7H2,(H,15,16). The van der Waals surface area contributed by atoms with Gasteiger partial charge in [0.15, 0.2) is 0 Å². The van der Waals surface area contributed by atoms with Crippen LogP contribution in [0.3, 0.4) is 0 Å². The molecule has 2 aromatic carbocycles. The second kappa shape index (κ2) is 5.82. The molecular weight excluding hydrogens is 332 g/mol. The van der Waals surface area contributed by atoms with Crippen molar-refractivity contribution in [2.45, 2.75) is 0 Å². The highest BCUT2D eigenvalue weighted by molar-refractivity contribution is 9.10. The second-order valence-corrected chi connectivity index (χ2v) is 6.12. The lowest BCUT2D eigenvalue weighted by atomic mass is 10.1. The fourth-order valence-corrected chi connectivity index (χ4v) is 3.10. The molecule has 0 amide bonds. The maximum Gasteiger partial charge on any atom is 0.313 e. The number of carbonyl (C=O) groups is 1. The van der Waals surface area contributed by atoms with Crippen LogP contribution >= 0.6 is 39.9 Å². The molecule has 18 heavy (non-hydrogen) atoms. The van der Waals surface area contributed by atoms with E-state index in [0.29, 0.717) is 4.20 Å². The molecule has 0 aliphatic heterocycles. The first-order valence-corrected chi connectivity index (χ1v) is 7.34. The van der Waals surface area contributed by atoms with Gasteiger partial charge in [-0.3, -0.25) is 4.79 Å². The van der Waals surface area contributed by atoms with Crippen LogP contribution in [0.15, 0.2) is 40.9 Å². The Morgan fingerprint density at radius 3 is 2.61 bits per heavy atom. The molecule has 0 aromatic heterocycles. The van der Waals surface area contributed by atoms with E-state index in [9.17, 15) is 4.79 Å². The van der Waals surface area contributed by atoms with E-state index >= 15 is 0 Å². The quantitative estimate of drug-likeness (QED) is 0.853. The average molecular weight is 341 g/mol. The SMILES string of the molecule is O=C(O)CSC(=S)c1cccc2c(Br)cccc12. The number of carboxylic acids is 1. The Morgan fingerprint density at radius 1 is 1.22 bits per heavy atom. The Bertz CT molecular complexity index is 625. The number of fused-ring (bicyclic) bond motifs is 1. The summed E-state index contributed by atoms with van der Waals surface area (Å²) in [6, 6.07) is 11.8. The van der Waals surface area contributed by atoms with Crippen LogP contribution in [0.1, 0.15) is 5.56 Å². The average Bonchev–Trinajstić information content (AvgIpc) is 2.36. The topological polar surface area (TPSA) is 37.3 Å². The number of hydrogen-bond acceptors (Lipinski definition) is 3. The third-order valence-corrected chi connectivity index (χ3v) is 4.55. The highest BCUT2D eigenvalue weighted by Crippen LogP contribution is 2.28. The molecule has 0 aliphatic carbocycles. The normalized spacial score (nSPS) is 10.5. The van der Waals surface area contributed by atoms with Gasteiger partial charge >= 0.3 is 5.97 Å². The number of carboxylic acid groups (broad SMARTS) is 1. The van der Waals surface area contributed by atoms with E-state index in [1.165, 1.54) is 11.8 Å².